The molecule has 2 atom stereocenters. The first-order valence-electron chi connectivity index (χ1n) is 7.06. The number of nitrogens with one attached hydrogen (secondary N) is 1. The summed E-state index contributed by atoms with van der Waals surface area (Å²) in [6, 6.07) is 5.99. The van der Waals surface area contributed by atoms with Crippen LogP contribution in [0, 0.1) is 11.7 Å². The smallest absolute Gasteiger partial charge is 0.129 e. The summed E-state index contributed by atoms with van der Waals surface area (Å²) in [5.74, 6) is 0.326. The van der Waals surface area contributed by atoms with Crippen LogP contribution in [0.15, 0.2) is 18.2 Å². The topological polar surface area (TPSA) is 15.3 Å². The fourth-order valence-corrected chi connectivity index (χ4v) is 3.51. The highest BCUT2D eigenvalue weighted by atomic mass is 35.5. The Kier molecular flexibility index (Phi) is 3.79. The minimum absolute atomic E-state index is 0.161. The standard InChI is InChI=1S/C15H20ClFN2/c1-18-9-10-6-7-19(12-3-4-12)15(10)13-5-2-11(16)8-14(13)17/h2,5,8,10,12,15,18H,3-4,6-7,9H2,1H3. The van der Waals surface area contributed by atoms with Crippen molar-refractivity contribution in [3.05, 3.63) is 34.6 Å². The van der Waals surface area contributed by atoms with Gasteiger partial charge in [-0.2, -0.15) is 0 Å². The lowest BCUT2D eigenvalue weighted by atomic mass is 9.93. The SMILES string of the molecule is CNCC1CCN(C2CC2)C1c1ccc(Cl)cc1F. The molecule has 0 bridgehead atoms. The Balaban J connectivity index is 1.91. The maximum atomic E-state index is 14.2. The van der Waals surface area contributed by atoms with Gasteiger partial charge < -0.3 is 5.32 Å². The molecule has 2 unspecified atom stereocenters. The van der Waals surface area contributed by atoms with Crippen molar-refractivity contribution in [2.75, 3.05) is 20.1 Å². The lowest BCUT2D eigenvalue weighted by Crippen LogP contribution is -2.31. The van der Waals surface area contributed by atoms with E-state index in [1.54, 1.807) is 6.07 Å². The van der Waals surface area contributed by atoms with Gasteiger partial charge in [-0.15, -0.1) is 0 Å². The summed E-state index contributed by atoms with van der Waals surface area (Å²) in [5.41, 5.74) is 0.814. The van der Waals surface area contributed by atoms with Crippen LogP contribution in [0.3, 0.4) is 0 Å². The molecule has 2 nitrogen and oxygen atoms in total. The monoisotopic (exact) mass is 282 g/mol. The summed E-state index contributed by atoms with van der Waals surface area (Å²) < 4.78 is 14.2. The van der Waals surface area contributed by atoms with Gasteiger partial charge in [0, 0.05) is 22.7 Å². The Labute approximate surface area is 118 Å². The molecule has 104 valence electrons. The van der Waals surface area contributed by atoms with Crippen molar-refractivity contribution in [3.63, 3.8) is 0 Å². The highest BCUT2D eigenvalue weighted by Gasteiger charge is 2.43. The molecule has 1 aromatic carbocycles. The van der Waals surface area contributed by atoms with Gasteiger partial charge in [-0.05, 0) is 57.5 Å². The summed E-state index contributed by atoms with van der Waals surface area (Å²) >= 11 is 5.87. The lowest BCUT2D eigenvalue weighted by Gasteiger charge is -2.29. The van der Waals surface area contributed by atoms with E-state index in [0.717, 1.165) is 25.1 Å². The van der Waals surface area contributed by atoms with Crippen LogP contribution in [0.25, 0.3) is 0 Å². The molecule has 1 heterocycles. The van der Waals surface area contributed by atoms with E-state index in [1.165, 1.54) is 18.9 Å². The fraction of sp³-hybridized carbons (Fsp3) is 0.600. The molecular formula is C15H20ClFN2. The predicted molar refractivity (Wildman–Crippen MR) is 75.9 cm³/mol. The van der Waals surface area contributed by atoms with Crippen molar-refractivity contribution in [1.82, 2.24) is 10.2 Å². The summed E-state index contributed by atoms with van der Waals surface area (Å²) in [6.07, 6.45) is 3.67. The van der Waals surface area contributed by atoms with Crippen LogP contribution in [0.4, 0.5) is 4.39 Å². The third-order valence-electron chi connectivity index (χ3n) is 4.33. The molecule has 0 aromatic heterocycles. The number of hydrogen-bond acceptors (Lipinski definition) is 2. The van der Waals surface area contributed by atoms with E-state index in [4.69, 9.17) is 11.6 Å². The van der Waals surface area contributed by atoms with Crippen LogP contribution in [0.1, 0.15) is 30.9 Å². The second kappa shape index (κ2) is 5.39. The molecular weight excluding hydrogens is 263 g/mol. The van der Waals surface area contributed by atoms with Gasteiger partial charge in [-0.3, -0.25) is 4.90 Å². The van der Waals surface area contributed by atoms with Gasteiger partial charge in [-0.1, -0.05) is 17.7 Å². The molecule has 1 aliphatic heterocycles. The molecule has 2 fully saturated rings. The Morgan fingerprint density at radius 1 is 1.37 bits per heavy atom. The predicted octanol–water partition coefficient (Wildman–Crippen LogP) is 3.22. The number of likely N-dealkylation sites (tertiary alicyclic amines) is 1. The van der Waals surface area contributed by atoms with Gasteiger partial charge in [0.2, 0.25) is 0 Å². The number of hydrogen-bond donors (Lipinski definition) is 1. The minimum Gasteiger partial charge on any atom is -0.319 e. The summed E-state index contributed by atoms with van der Waals surface area (Å²) in [7, 11) is 1.97. The van der Waals surface area contributed by atoms with Gasteiger partial charge in [0.05, 0.1) is 0 Å². The fourth-order valence-electron chi connectivity index (χ4n) is 3.35. The largest absolute Gasteiger partial charge is 0.319 e. The molecule has 1 N–H and O–H groups in total. The average molecular weight is 283 g/mol. The van der Waals surface area contributed by atoms with Crippen LogP contribution in [-0.4, -0.2) is 31.1 Å². The third kappa shape index (κ3) is 2.64. The zero-order valence-corrected chi connectivity index (χ0v) is 12.0. The van der Waals surface area contributed by atoms with Gasteiger partial charge >= 0.3 is 0 Å². The summed E-state index contributed by atoms with van der Waals surface area (Å²) in [6.45, 7) is 2.03. The Morgan fingerprint density at radius 3 is 2.79 bits per heavy atom. The van der Waals surface area contributed by atoms with Crippen molar-refractivity contribution in [2.45, 2.75) is 31.3 Å². The second-order valence-electron chi connectivity index (χ2n) is 5.69. The number of halogens is 2. The second-order valence-corrected chi connectivity index (χ2v) is 6.12. The Hall–Kier alpha value is -0.640. The van der Waals surface area contributed by atoms with Crippen molar-refractivity contribution in [3.8, 4) is 0 Å². The van der Waals surface area contributed by atoms with Crippen LogP contribution in [0.5, 0.6) is 0 Å². The van der Waals surface area contributed by atoms with Gasteiger partial charge in [0.1, 0.15) is 5.82 Å². The van der Waals surface area contributed by atoms with Gasteiger partial charge in [0.25, 0.3) is 0 Å². The van der Waals surface area contributed by atoms with Crippen molar-refractivity contribution in [1.29, 1.82) is 0 Å². The normalized spacial score (nSPS) is 27.9. The molecule has 0 radical (unpaired) electrons. The molecule has 4 heteroatoms. The summed E-state index contributed by atoms with van der Waals surface area (Å²) in [5, 5.41) is 3.72. The third-order valence-corrected chi connectivity index (χ3v) is 4.56. The maximum absolute atomic E-state index is 14.2. The average Bonchev–Trinajstić information content (AvgIpc) is 3.13. The molecule has 19 heavy (non-hydrogen) atoms. The lowest BCUT2D eigenvalue weighted by molar-refractivity contribution is 0.212. The Bertz CT molecular complexity index is 461. The maximum Gasteiger partial charge on any atom is 0.129 e. The number of rotatable bonds is 4. The van der Waals surface area contributed by atoms with Crippen LogP contribution >= 0.6 is 11.6 Å². The van der Waals surface area contributed by atoms with E-state index in [2.05, 4.69) is 10.2 Å². The number of nitrogens with zero attached hydrogens (tertiary/aromatic N) is 1. The van der Waals surface area contributed by atoms with E-state index < -0.39 is 0 Å². The number of benzene rings is 1. The Morgan fingerprint density at radius 2 is 2.16 bits per heavy atom. The van der Waals surface area contributed by atoms with Gasteiger partial charge in [0.15, 0.2) is 0 Å². The van der Waals surface area contributed by atoms with Crippen molar-refractivity contribution >= 4 is 11.6 Å². The molecule has 1 saturated carbocycles. The van der Waals surface area contributed by atoms with Crippen LogP contribution in [0.2, 0.25) is 5.02 Å². The van der Waals surface area contributed by atoms with E-state index >= 15 is 0 Å². The summed E-state index contributed by atoms with van der Waals surface area (Å²) in [4.78, 5) is 2.49. The minimum atomic E-state index is -0.161. The van der Waals surface area contributed by atoms with Crippen LogP contribution in [-0.2, 0) is 0 Å². The van der Waals surface area contributed by atoms with E-state index in [1.807, 2.05) is 13.1 Å². The first kappa shape index (κ1) is 13.3. The van der Waals surface area contributed by atoms with Gasteiger partial charge in [-0.25, -0.2) is 4.39 Å². The molecule has 3 rings (SSSR count). The van der Waals surface area contributed by atoms with E-state index in [0.29, 0.717) is 17.0 Å². The first-order chi connectivity index (χ1) is 9.20. The van der Waals surface area contributed by atoms with Crippen molar-refractivity contribution < 1.29 is 4.39 Å². The van der Waals surface area contributed by atoms with Crippen LogP contribution < -0.4 is 5.32 Å². The molecule has 1 saturated heterocycles. The highest BCUT2D eigenvalue weighted by Crippen LogP contribution is 2.44. The first-order valence-corrected chi connectivity index (χ1v) is 7.44. The zero-order valence-electron chi connectivity index (χ0n) is 11.2. The molecule has 1 aliphatic carbocycles. The van der Waals surface area contributed by atoms with Crippen molar-refractivity contribution in [2.24, 2.45) is 5.92 Å². The highest BCUT2D eigenvalue weighted by molar-refractivity contribution is 6.30. The molecule has 1 aromatic rings. The zero-order chi connectivity index (χ0) is 13.4. The van der Waals surface area contributed by atoms with E-state index in [9.17, 15) is 4.39 Å². The quantitative estimate of drug-likeness (QED) is 0.912. The molecule has 0 amide bonds. The molecule has 0 spiro atoms. The van der Waals surface area contributed by atoms with E-state index in [-0.39, 0.29) is 11.9 Å². The molecule has 2 aliphatic rings.